The van der Waals surface area contributed by atoms with Crippen molar-refractivity contribution in [1.82, 2.24) is 4.90 Å². The Bertz CT molecular complexity index is 1150. The van der Waals surface area contributed by atoms with Crippen molar-refractivity contribution >= 4 is 11.9 Å². The van der Waals surface area contributed by atoms with Crippen LogP contribution in [0.5, 0.6) is 11.5 Å². The molecule has 5 rings (SSSR count). The van der Waals surface area contributed by atoms with E-state index in [1.165, 1.54) is 12.1 Å². The maximum Gasteiger partial charge on any atom is 0.232 e. The van der Waals surface area contributed by atoms with Crippen molar-refractivity contribution in [2.45, 2.75) is 19.9 Å². The summed E-state index contributed by atoms with van der Waals surface area (Å²) in [5.74, 6) is 2.48. The molecule has 0 atom stereocenters. The molecule has 2 aliphatic rings. The molecule has 0 aliphatic carbocycles. The van der Waals surface area contributed by atoms with Gasteiger partial charge in [0.15, 0.2) is 5.76 Å². The molecule has 2 aliphatic heterocycles. The zero-order valence-electron chi connectivity index (χ0n) is 16.5. The number of Topliss-reactive ketones (excluding diaryl/α,β-unsaturated/α-hetero) is 1. The standard InChI is InChI=1S/C24H20FNO4/c1-15-2-7-18(29-15)12-22-23(27)19-8-9-21-20(24(19)30-22)13-26(14-28-21)11-10-16-3-5-17(25)6-4-16/h2-9,12H,10-11,13-14H2,1H3/b22-12-. The zero-order chi connectivity index (χ0) is 20.7. The minimum atomic E-state index is -0.236. The highest BCUT2D eigenvalue weighted by Crippen LogP contribution is 2.42. The summed E-state index contributed by atoms with van der Waals surface area (Å²) in [6, 6.07) is 13.7. The van der Waals surface area contributed by atoms with Gasteiger partial charge in [-0.15, -0.1) is 0 Å². The Morgan fingerprint density at radius 1 is 1.10 bits per heavy atom. The molecule has 0 saturated carbocycles. The lowest BCUT2D eigenvalue weighted by molar-refractivity contribution is 0.0949. The molecule has 0 N–H and O–H groups in total. The first-order valence-electron chi connectivity index (χ1n) is 9.83. The Morgan fingerprint density at radius 3 is 2.70 bits per heavy atom. The molecule has 3 aromatic rings. The van der Waals surface area contributed by atoms with Gasteiger partial charge in [0, 0.05) is 19.2 Å². The van der Waals surface area contributed by atoms with Crippen LogP contribution >= 0.6 is 0 Å². The van der Waals surface area contributed by atoms with Gasteiger partial charge in [-0.2, -0.15) is 0 Å². The Hall–Kier alpha value is -3.38. The predicted octanol–water partition coefficient (Wildman–Crippen LogP) is 4.74. The van der Waals surface area contributed by atoms with Crippen LogP contribution in [0.2, 0.25) is 0 Å². The number of furan rings is 1. The SMILES string of the molecule is Cc1ccc(/C=C2\Oc3c(ccc4c3CN(CCc3ccc(F)cc3)CO4)C2=O)o1. The second-order valence-electron chi connectivity index (χ2n) is 7.51. The van der Waals surface area contributed by atoms with E-state index in [2.05, 4.69) is 4.90 Å². The average molecular weight is 405 g/mol. The van der Waals surface area contributed by atoms with Gasteiger partial charge >= 0.3 is 0 Å². The minimum Gasteiger partial charge on any atom is -0.478 e. The summed E-state index contributed by atoms with van der Waals surface area (Å²) in [4.78, 5) is 14.9. The molecule has 0 fully saturated rings. The largest absolute Gasteiger partial charge is 0.478 e. The molecular formula is C24H20FNO4. The van der Waals surface area contributed by atoms with Gasteiger partial charge in [-0.05, 0) is 55.3 Å². The molecule has 0 saturated heterocycles. The van der Waals surface area contributed by atoms with E-state index in [-0.39, 0.29) is 17.4 Å². The van der Waals surface area contributed by atoms with Crippen molar-refractivity contribution in [3.63, 3.8) is 0 Å². The van der Waals surface area contributed by atoms with E-state index >= 15 is 0 Å². The Balaban J connectivity index is 1.35. The van der Waals surface area contributed by atoms with Crippen LogP contribution in [-0.2, 0) is 13.0 Å². The van der Waals surface area contributed by atoms with Crippen LogP contribution in [0, 0.1) is 12.7 Å². The monoisotopic (exact) mass is 405 g/mol. The van der Waals surface area contributed by atoms with E-state index in [9.17, 15) is 9.18 Å². The molecule has 5 nitrogen and oxygen atoms in total. The second kappa shape index (κ2) is 7.46. The lowest BCUT2D eigenvalue weighted by atomic mass is 10.0. The van der Waals surface area contributed by atoms with E-state index in [1.807, 2.05) is 19.1 Å². The number of halogens is 1. The number of ether oxygens (including phenoxy) is 2. The van der Waals surface area contributed by atoms with Crippen LogP contribution in [0.1, 0.15) is 33.0 Å². The Morgan fingerprint density at radius 2 is 1.93 bits per heavy atom. The van der Waals surface area contributed by atoms with Gasteiger partial charge in [-0.1, -0.05) is 12.1 Å². The first kappa shape index (κ1) is 18.6. The number of fused-ring (bicyclic) bond motifs is 3. The topological polar surface area (TPSA) is 51.9 Å². The van der Waals surface area contributed by atoms with Crippen LogP contribution in [0.4, 0.5) is 4.39 Å². The number of carbonyl (C=O) groups excluding carboxylic acids is 1. The summed E-state index contributed by atoms with van der Waals surface area (Å²) in [5.41, 5.74) is 2.46. The van der Waals surface area contributed by atoms with Gasteiger partial charge in [-0.25, -0.2) is 4.39 Å². The second-order valence-corrected chi connectivity index (χ2v) is 7.51. The van der Waals surface area contributed by atoms with Gasteiger partial charge in [0.1, 0.15) is 35.6 Å². The quantitative estimate of drug-likeness (QED) is 0.587. The fourth-order valence-electron chi connectivity index (χ4n) is 3.75. The third-order valence-electron chi connectivity index (χ3n) is 5.35. The molecule has 2 aromatic carbocycles. The smallest absolute Gasteiger partial charge is 0.232 e. The maximum absolute atomic E-state index is 13.1. The number of rotatable bonds is 4. The van der Waals surface area contributed by atoms with Gasteiger partial charge in [0.25, 0.3) is 0 Å². The first-order chi connectivity index (χ1) is 14.6. The Labute approximate surface area is 173 Å². The summed E-state index contributed by atoms with van der Waals surface area (Å²) in [6.07, 6.45) is 2.40. The van der Waals surface area contributed by atoms with E-state index < -0.39 is 0 Å². The highest BCUT2D eigenvalue weighted by atomic mass is 19.1. The van der Waals surface area contributed by atoms with Crippen molar-refractivity contribution in [1.29, 1.82) is 0 Å². The normalized spacial score (nSPS) is 16.9. The number of carbonyl (C=O) groups is 1. The molecule has 0 unspecified atom stereocenters. The van der Waals surface area contributed by atoms with E-state index in [1.54, 1.807) is 30.3 Å². The fourth-order valence-corrected chi connectivity index (χ4v) is 3.75. The third-order valence-corrected chi connectivity index (χ3v) is 5.35. The van der Waals surface area contributed by atoms with Crippen LogP contribution in [0.3, 0.4) is 0 Å². The average Bonchev–Trinajstić information content (AvgIpc) is 3.31. The number of ketones is 1. The van der Waals surface area contributed by atoms with E-state index in [0.717, 1.165) is 35.6 Å². The number of aryl methyl sites for hydroxylation is 1. The van der Waals surface area contributed by atoms with Gasteiger partial charge in [-0.3, -0.25) is 9.69 Å². The Kier molecular flexibility index (Phi) is 4.64. The minimum absolute atomic E-state index is 0.162. The van der Waals surface area contributed by atoms with E-state index in [4.69, 9.17) is 13.9 Å². The van der Waals surface area contributed by atoms with Crippen molar-refractivity contribution in [2.75, 3.05) is 13.3 Å². The van der Waals surface area contributed by atoms with Crippen LogP contribution in [0.15, 0.2) is 58.7 Å². The highest BCUT2D eigenvalue weighted by Gasteiger charge is 2.33. The molecule has 152 valence electrons. The van der Waals surface area contributed by atoms with Gasteiger partial charge < -0.3 is 13.9 Å². The lowest BCUT2D eigenvalue weighted by Gasteiger charge is -2.29. The molecule has 6 heteroatoms. The van der Waals surface area contributed by atoms with Crippen LogP contribution in [-0.4, -0.2) is 24.0 Å². The highest BCUT2D eigenvalue weighted by molar-refractivity contribution is 6.14. The summed E-state index contributed by atoms with van der Waals surface area (Å²) in [7, 11) is 0. The van der Waals surface area contributed by atoms with Gasteiger partial charge in [0.05, 0.1) is 11.1 Å². The third kappa shape index (κ3) is 3.50. The number of benzene rings is 2. The summed E-state index contributed by atoms with van der Waals surface area (Å²) >= 11 is 0. The summed E-state index contributed by atoms with van der Waals surface area (Å²) in [5, 5.41) is 0. The molecule has 1 aromatic heterocycles. The molecule has 30 heavy (non-hydrogen) atoms. The summed E-state index contributed by atoms with van der Waals surface area (Å²) < 4.78 is 30.5. The molecule has 0 bridgehead atoms. The van der Waals surface area contributed by atoms with E-state index in [0.29, 0.717) is 30.3 Å². The summed E-state index contributed by atoms with van der Waals surface area (Å²) in [6.45, 7) is 3.66. The van der Waals surface area contributed by atoms with Crippen molar-refractivity contribution in [2.24, 2.45) is 0 Å². The van der Waals surface area contributed by atoms with Crippen LogP contribution in [0.25, 0.3) is 6.08 Å². The maximum atomic E-state index is 13.1. The van der Waals surface area contributed by atoms with Crippen molar-refractivity contribution < 1.29 is 23.1 Å². The fraction of sp³-hybridized carbons (Fsp3) is 0.208. The number of allylic oxidation sites excluding steroid dienone is 1. The molecule has 0 spiro atoms. The molecule has 0 radical (unpaired) electrons. The first-order valence-corrected chi connectivity index (χ1v) is 9.83. The lowest BCUT2D eigenvalue weighted by Crippen LogP contribution is -2.33. The molecule has 3 heterocycles. The number of nitrogens with zero attached hydrogens (tertiary/aromatic N) is 1. The molecular weight excluding hydrogens is 385 g/mol. The van der Waals surface area contributed by atoms with Crippen molar-refractivity contribution in [3.8, 4) is 11.5 Å². The predicted molar refractivity (Wildman–Crippen MR) is 109 cm³/mol. The number of hydrogen-bond donors (Lipinski definition) is 0. The molecule has 0 amide bonds. The number of hydrogen-bond acceptors (Lipinski definition) is 5. The van der Waals surface area contributed by atoms with Gasteiger partial charge in [0.2, 0.25) is 5.78 Å². The van der Waals surface area contributed by atoms with Crippen LogP contribution < -0.4 is 9.47 Å². The van der Waals surface area contributed by atoms with Crippen molar-refractivity contribution in [3.05, 3.63) is 88.3 Å². The zero-order valence-corrected chi connectivity index (χ0v) is 16.5.